The van der Waals surface area contributed by atoms with Gasteiger partial charge in [-0.15, -0.1) is 0 Å². The van der Waals surface area contributed by atoms with E-state index in [0.717, 1.165) is 0 Å². The summed E-state index contributed by atoms with van der Waals surface area (Å²) in [6, 6.07) is 18.7. The second kappa shape index (κ2) is 5.46. The van der Waals surface area contributed by atoms with Gasteiger partial charge in [0.25, 0.3) is 0 Å². The predicted octanol–water partition coefficient (Wildman–Crippen LogP) is 7.39. The SMILES string of the molecule is CC(C)c1ccc2c(c1)C(C)(C)c1ccc3c(C(C)C)cccc3c1-2. The van der Waals surface area contributed by atoms with Gasteiger partial charge in [0.15, 0.2) is 0 Å². The zero-order valence-corrected chi connectivity index (χ0v) is 16.3. The summed E-state index contributed by atoms with van der Waals surface area (Å²) in [5.74, 6) is 1.10. The first-order valence-corrected chi connectivity index (χ1v) is 9.53. The summed E-state index contributed by atoms with van der Waals surface area (Å²) in [5.41, 5.74) is 8.79. The molecule has 128 valence electrons. The van der Waals surface area contributed by atoms with Gasteiger partial charge >= 0.3 is 0 Å². The van der Waals surface area contributed by atoms with E-state index in [1.807, 2.05) is 0 Å². The molecule has 0 fully saturated rings. The maximum Gasteiger partial charge on any atom is 0.0159 e. The van der Waals surface area contributed by atoms with Crippen molar-refractivity contribution in [3.63, 3.8) is 0 Å². The minimum absolute atomic E-state index is 0.0671. The van der Waals surface area contributed by atoms with E-state index < -0.39 is 0 Å². The van der Waals surface area contributed by atoms with Crippen LogP contribution in [0.1, 0.15) is 75.6 Å². The van der Waals surface area contributed by atoms with Crippen LogP contribution in [-0.4, -0.2) is 0 Å². The molecule has 0 bridgehead atoms. The third-order valence-corrected chi connectivity index (χ3v) is 6.04. The summed E-state index contributed by atoms with van der Waals surface area (Å²) in [6.07, 6.45) is 0. The summed E-state index contributed by atoms with van der Waals surface area (Å²) in [6.45, 7) is 13.9. The van der Waals surface area contributed by atoms with E-state index in [4.69, 9.17) is 0 Å². The monoisotopic (exact) mass is 328 g/mol. The minimum atomic E-state index is 0.0671. The second-order valence-electron chi connectivity index (χ2n) is 8.67. The Hall–Kier alpha value is -2.08. The van der Waals surface area contributed by atoms with Crippen LogP contribution in [0, 0.1) is 0 Å². The van der Waals surface area contributed by atoms with E-state index in [1.165, 1.54) is 44.2 Å². The van der Waals surface area contributed by atoms with Crippen molar-refractivity contribution >= 4 is 10.8 Å². The fourth-order valence-corrected chi connectivity index (χ4v) is 4.50. The van der Waals surface area contributed by atoms with Crippen molar-refractivity contribution in [3.05, 3.63) is 70.8 Å². The van der Waals surface area contributed by atoms with Crippen LogP contribution in [0.25, 0.3) is 21.9 Å². The highest BCUT2D eigenvalue weighted by atomic mass is 14.4. The highest BCUT2D eigenvalue weighted by molar-refractivity contribution is 6.03. The molecule has 0 N–H and O–H groups in total. The first-order chi connectivity index (χ1) is 11.8. The third kappa shape index (κ3) is 2.27. The maximum atomic E-state index is 2.44. The molecular formula is C25H28. The van der Waals surface area contributed by atoms with Gasteiger partial charge in [0.2, 0.25) is 0 Å². The summed E-state index contributed by atoms with van der Waals surface area (Å²) in [4.78, 5) is 0. The lowest BCUT2D eigenvalue weighted by molar-refractivity contribution is 0.658. The fourth-order valence-electron chi connectivity index (χ4n) is 4.50. The van der Waals surface area contributed by atoms with Gasteiger partial charge in [0.1, 0.15) is 0 Å². The molecule has 0 atom stereocenters. The van der Waals surface area contributed by atoms with Crippen LogP contribution in [0.2, 0.25) is 0 Å². The first-order valence-electron chi connectivity index (χ1n) is 9.53. The van der Waals surface area contributed by atoms with E-state index in [2.05, 4.69) is 90.1 Å². The van der Waals surface area contributed by atoms with Gasteiger partial charge in [0.05, 0.1) is 0 Å². The molecule has 0 heterocycles. The van der Waals surface area contributed by atoms with Crippen molar-refractivity contribution in [2.24, 2.45) is 0 Å². The quantitative estimate of drug-likeness (QED) is 0.460. The van der Waals surface area contributed by atoms with E-state index in [0.29, 0.717) is 11.8 Å². The van der Waals surface area contributed by atoms with Crippen molar-refractivity contribution in [2.75, 3.05) is 0 Å². The first kappa shape index (κ1) is 16.4. The van der Waals surface area contributed by atoms with Crippen LogP contribution in [-0.2, 0) is 5.41 Å². The number of fused-ring (bicyclic) bond motifs is 5. The van der Waals surface area contributed by atoms with Gasteiger partial charge in [-0.25, -0.2) is 0 Å². The van der Waals surface area contributed by atoms with Gasteiger partial charge < -0.3 is 0 Å². The molecule has 0 unspecified atom stereocenters. The molecular weight excluding hydrogens is 300 g/mol. The Kier molecular flexibility index (Phi) is 3.58. The third-order valence-electron chi connectivity index (χ3n) is 6.04. The smallest absolute Gasteiger partial charge is 0.0159 e. The van der Waals surface area contributed by atoms with Crippen molar-refractivity contribution in [1.82, 2.24) is 0 Å². The highest BCUT2D eigenvalue weighted by Gasteiger charge is 2.36. The zero-order chi connectivity index (χ0) is 17.9. The molecule has 0 aliphatic heterocycles. The van der Waals surface area contributed by atoms with Crippen LogP contribution in [0.3, 0.4) is 0 Å². The largest absolute Gasteiger partial charge is 0.0613 e. The average Bonchev–Trinajstić information content (AvgIpc) is 2.81. The van der Waals surface area contributed by atoms with Gasteiger partial charge in [0, 0.05) is 5.41 Å². The van der Waals surface area contributed by atoms with Crippen molar-refractivity contribution in [3.8, 4) is 11.1 Å². The Bertz CT molecular complexity index is 971. The second-order valence-corrected chi connectivity index (χ2v) is 8.67. The molecule has 4 rings (SSSR count). The molecule has 25 heavy (non-hydrogen) atoms. The summed E-state index contributed by atoms with van der Waals surface area (Å²) < 4.78 is 0. The fraction of sp³-hybridized carbons (Fsp3) is 0.360. The predicted molar refractivity (Wildman–Crippen MR) is 110 cm³/mol. The molecule has 0 amide bonds. The number of benzene rings is 3. The molecule has 0 spiro atoms. The summed E-state index contributed by atoms with van der Waals surface area (Å²) >= 11 is 0. The van der Waals surface area contributed by atoms with E-state index >= 15 is 0 Å². The number of hydrogen-bond donors (Lipinski definition) is 0. The molecule has 0 heteroatoms. The van der Waals surface area contributed by atoms with E-state index in [9.17, 15) is 0 Å². The lowest BCUT2D eigenvalue weighted by atomic mass is 9.81. The Labute approximate surface area is 151 Å². The van der Waals surface area contributed by atoms with E-state index in [1.54, 1.807) is 0 Å². The van der Waals surface area contributed by atoms with Crippen molar-refractivity contribution in [1.29, 1.82) is 0 Å². The maximum absolute atomic E-state index is 2.44. The van der Waals surface area contributed by atoms with Crippen LogP contribution in [0.5, 0.6) is 0 Å². The van der Waals surface area contributed by atoms with Crippen molar-refractivity contribution in [2.45, 2.75) is 58.8 Å². The topological polar surface area (TPSA) is 0 Å². The normalized spacial score (nSPS) is 15.0. The van der Waals surface area contributed by atoms with Crippen LogP contribution < -0.4 is 0 Å². The molecule has 1 aliphatic rings. The molecule has 1 aliphatic carbocycles. The van der Waals surface area contributed by atoms with Gasteiger partial charge in [-0.1, -0.05) is 90.1 Å². The van der Waals surface area contributed by atoms with E-state index in [-0.39, 0.29) is 5.41 Å². The molecule has 0 saturated heterocycles. The molecule has 0 radical (unpaired) electrons. The Morgan fingerprint density at radius 2 is 1.48 bits per heavy atom. The lowest BCUT2D eigenvalue weighted by Crippen LogP contribution is -2.15. The van der Waals surface area contributed by atoms with Crippen LogP contribution in [0.15, 0.2) is 48.5 Å². The number of hydrogen-bond acceptors (Lipinski definition) is 0. The Morgan fingerprint density at radius 3 is 2.16 bits per heavy atom. The molecule has 3 aromatic carbocycles. The molecule has 0 aromatic heterocycles. The van der Waals surface area contributed by atoms with Gasteiger partial charge in [-0.05, 0) is 56.0 Å². The average molecular weight is 328 g/mol. The molecule has 3 aromatic rings. The molecule has 0 saturated carbocycles. The Balaban J connectivity index is 2.08. The Morgan fingerprint density at radius 1 is 0.720 bits per heavy atom. The van der Waals surface area contributed by atoms with Gasteiger partial charge in [-0.2, -0.15) is 0 Å². The minimum Gasteiger partial charge on any atom is -0.0613 e. The van der Waals surface area contributed by atoms with Crippen LogP contribution in [0.4, 0.5) is 0 Å². The summed E-state index contributed by atoms with van der Waals surface area (Å²) in [5, 5.41) is 2.82. The van der Waals surface area contributed by atoms with Crippen molar-refractivity contribution < 1.29 is 0 Å². The summed E-state index contributed by atoms with van der Waals surface area (Å²) in [7, 11) is 0. The van der Waals surface area contributed by atoms with Crippen LogP contribution >= 0.6 is 0 Å². The highest BCUT2D eigenvalue weighted by Crippen LogP contribution is 2.52. The zero-order valence-electron chi connectivity index (χ0n) is 16.3. The lowest BCUT2D eigenvalue weighted by Gasteiger charge is -2.23. The van der Waals surface area contributed by atoms with Gasteiger partial charge in [-0.3, -0.25) is 0 Å². The standard InChI is InChI=1S/C25H28/c1-15(2)17-10-11-21-23(14-17)25(5,6)22-13-12-19-18(16(3)4)8-7-9-20(19)24(21)22/h7-16H,1-6H3. The number of rotatable bonds is 2. The molecule has 0 nitrogen and oxygen atoms in total.